The first kappa shape index (κ1) is 22.6. The van der Waals surface area contributed by atoms with Crippen molar-refractivity contribution in [3.63, 3.8) is 0 Å². The molecule has 0 atom stereocenters. The molecule has 4 aromatic rings. The molecule has 0 aliphatic heterocycles. The maximum Gasteiger partial charge on any atom is 0.291 e. The molecule has 166 valence electrons. The van der Waals surface area contributed by atoms with E-state index in [0.717, 1.165) is 24.8 Å². The number of aromatic nitrogens is 3. The van der Waals surface area contributed by atoms with Crippen LogP contribution in [0.5, 0.6) is 11.5 Å². The Morgan fingerprint density at radius 3 is 2.69 bits per heavy atom. The lowest BCUT2D eigenvalue weighted by Crippen LogP contribution is -2.23. The topological polar surface area (TPSA) is 65.7 Å². The second kappa shape index (κ2) is 9.90. The second-order valence-electron chi connectivity index (χ2n) is 7.14. The average Bonchev–Trinajstić information content (AvgIpc) is 3.31. The zero-order chi connectivity index (χ0) is 22.7. The monoisotopic (exact) mass is 489 g/mol. The Bertz CT molecular complexity index is 1370. The van der Waals surface area contributed by atoms with E-state index in [0.29, 0.717) is 49.0 Å². The van der Waals surface area contributed by atoms with Gasteiger partial charge in [0, 0.05) is 10.6 Å². The standard InChI is InChI=1S/C23H21Cl2N3O3S/c1-3-4-5-10-31-18-9-6-14(11-19(18)30-2)12-20-22(29)28-23(32-20)26-21(27-28)16-8-7-15(24)13-17(16)25/h6-9,11-13H,3-5,10H2,1-2H3/b20-12-. The summed E-state index contributed by atoms with van der Waals surface area (Å²) >= 11 is 13.5. The SMILES string of the molecule is CCCCCOc1ccc(/C=c2\sc3nc(-c4ccc(Cl)cc4Cl)nn3c2=O)cc1OC. The summed E-state index contributed by atoms with van der Waals surface area (Å²) in [5, 5.41) is 5.30. The van der Waals surface area contributed by atoms with Gasteiger partial charge in [0.25, 0.3) is 5.56 Å². The van der Waals surface area contributed by atoms with Gasteiger partial charge in [-0.25, -0.2) is 0 Å². The quantitative estimate of drug-likeness (QED) is 0.316. The largest absolute Gasteiger partial charge is 0.493 e. The van der Waals surface area contributed by atoms with Crippen LogP contribution in [0.1, 0.15) is 31.7 Å². The molecule has 0 unspecified atom stereocenters. The molecule has 32 heavy (non-hydrogen) atoms. The molecule has 2 aromatic carbocycles. The number of benzene rings is 2. The Kier molecular flexibility index (Phi) is 6.98. The summed E-state index contributed by atoms with van der Waals surface area (Å²) in [5.74, 6) is 1.70. The highest BCUT2D eigenvalue weighted by Crippen LogP contribution is 2.29. The summed E-state index contributed by atoms with van der Waals surface area (Å²) in [6.45, 7) is 2.80. The highest BCUT2D eigenvalue weighted by atomic mass is 35.5. The summed E-state index contributed by atoms with van der Waals surface area (Å²) in [5.41, 5.74) is 1.20. The molecule has 6 nitrogen and oxygen atoms in total. The highest BCUT2D eigenvalue weighted by molar-refractivity contribution is 7.15. The van der Waals surface area contributed by atoms with Crippen LogP contribution >= 0.6 is 34.5 Å². The van der Waals surface area contributed by atoms with E-state index in [9.17, 15) is 4.79 Å². The molecule has 0 aliphatic rings. The van der Waals surface area contributed by atoms with Gasteiger partial charge >= 0.3 is 0 Å². The van der Waals surface area contributed by atoms with Crippen LogP contribution < -0.4 is 19.6 Å². The first-order chi connectivity index (χ1) is 15.5. The Hall–Kier alpha value is -2.61. The third kappa shape index (κ3) is 4.75. The maximum absolute atomic E-state index is 12.9. The average molecular weight is 490 g/mol. The van der Waals surface area contributed by atoms with Crippen LogP contribution in [0.15, 0.2) is 41.2 Å². The van der Waals surface area contributed by atoms with Crippen LogP contribution in [0.3, 0.4) is 0 Å². The molecule has 0 saturated carbocycles. The maximum atomic E-state index is 12.9. The minimum absolute atomic E-state index is 0.243. The van der Waals surface area contributed by atoms with Crippen molar-refractivity contribution in [2.75, 3.05) is 13.7 Å². The lowest BCUT2D eigenvalue weighted by molar-refractivity contribution is 0.286. The van der Waals surface area contributed by atoms with Crippen molar-refractivity contribution in [2.24, 2.45) is 0 Å². The number of methoxy groups -OCH3 is 1. The number of thiazole rings is 1. The van der Waals surface area contributed by atoms with Gasteiger partial charge in [0.15, 0.2) is 17.3 Å². The van der Waals surface area contributed by atoms with Crippen LogP contribution in [-0.4, -0.2) is 28.3 Å². The number of hydrogen-bond acceptors (Lipinski definition) is 6. The molecule has 0 N–H and O–H groups in total. The van der Waals surface area contributed by atoms with Crippen LogP contribution in [0, 0.1) is 0 Å². The number of unbranched alkanes of at least 4 members (excludes halogenated alkanes) is 2. The molecule has 2 aromatic heterocycles. The van der Waals surface area contributed by atoms with E-state index >= 15 is 0 Å². The smallest absolute Gasteiger partial charge is 0.291 e. The number of fused-ring (bicyclic) bond motifs is 1. The fraction of sp³-hybridized carbons (Fsp3) is 0.261. The van der Waals surface area contributed by atoms with Crippen molar-refractivity contribution in [3.8, 4) is 22.9 Å². The molecular weight excluding hydrogens is 469 g/mol. The van der Waals surface area contributed by atoms with E-state index in [4.69, 9.17) is 32.7 Å². The number of ether oxygens (including phenoxy) is 2. The molecule has 0 fully saturated rings. The molecule has 4 rings (SSSR count). The zero-order valence-corrected chi connectivity index (χ0v) is 19.9. The molecule has 0 bridgehead atoms. The predicted octanol–water partition coefficient (Wildman–Crippen LogP) is 5.25. The fourth-order valence-corrected chi connectivity index (χ4v) is 4.60. The predicted molar refractivity (Wildman–Crippen MR) is 129 cm³/mol. The molecule has 0 saturated heterocycles. The van der Waals surface area contributed by atoms with E-state index < -0.39 is 0 Å². The van der Waals surface area contributed by atoms with E-state index in [2.05, 4.69) is 17.0 Å². The van der Waals surface area contributed by atoms with Gasteiger partial charge in [0.2, 0.25) is 4.96 Å². The molecule has 0 aliphatic carbocycles. The van der Waals surface area contributed by atoms with E-state index in [1.54, 1.807) is 31.4 Å². The summed E-state index contributed by atoms with van der Waals surface area (Å²) in [6, 6.07) is 10.7. The third-order valence-electron chi connectivity index (χ3n) is 4.84. The van der Waals surface area contributed by atoms with E-state index in [1.165, 1.54) is 15.9 Å². The van der Waals surface area contributed by atoms with Crippen LogP contribution in [-0.2, 0) is 0 Å². The molecular formula is C23H21Cl2N3O3S. The second-order valence-corrected chi connectivity index (χ2v) is 8.99. The lowest BCUT2D eigenvalue weighted by Gasteiger charge is -2.11. The Labute approximate surface area is 199 Å². The van der Waals surface area contributed by atoms with E-state index in [1.807, 2.05) is 18.2 Å². The van der Waals surface area contributed by atoms with Gasteiger partial charge in [0.05, 0.1) is 23.3 Å². The molecule has 0 spiro atoms. The summed E-state index contributed by atoms with van der Waals surface area (Å²) in [4.78, 5) is 17.8. The highest BCUT2D eigenvalue weighted by Gasteiger charge is 2.15. The van der Waals surface area contributed by atoms with Crippen molar-refractivity contribution in [3.05, 3.63) is 66.9 Å². The fourth-order valence-electron chi connectivity index (χ4n) is 3.20. The number of nitrogens with zero attached hydrogens (tertiary/aromatic N) is 3. The van der Waals surface area contributed by atoms with Crippen molar-refractivity contribution in [2.45, 2.75) is 26.2 Å². The summed E-state index contributed by atoms with van der Waals surface area (Å²) in [6.07, 6.45) is 5.06. The molecule has 2 heterocycles. The van der Waals surface area contributed by atoms with Crippen molar-refractivity contribution in [1.82, 2.24) is 14.6 Å². The van der Waals surface area contributed by atoms with Gasteiger partial charge < -0.3 is 9.47 Å². The van der Waals surface area contributed by atoms with Gasteiger partial charge in [-0.15, -0.1) is 5.10 Å². The van der Waals surface area contributed by atoms with E-state index in [-0.39, 0.29) is 5.56 Å². The van der Waals surface area contributed by atoms with Crippen molar-refractivity contribution < 1.29 is 9.47 Å². The number of rotatable bonds is 8. The normalized spacial score (nSPS) is 11.9. The summed E-state index contributed by atoms with van der Waals surface area (Å²) < 4.78 is 13.1. The Morgan fingerprint density at radius 2 is 1.97 bits per heavy atom. The summed E-state index contributed by atoms with van der Waals surface area (Å²) in [7, 11) is 1.60. The van der Waals surface area contributed by atoms with Crippen LogP contribution in [0.4, 0.5) is 0 Å². The lowest BCUT2D eigenvalue weighted by atomic mass is 10.2. The van der Waals surface area contributed by atoms with Crippen molar-refractivity contribution in [1.29, 1.82) is 0 Å². The number of halogens is 2. The molecule has 0 amide bonds. The van der Waals surface area contributed by atoms with Gasteiger partial charge in [0.1, 0.15) is 0 Å². The van der Waals surface area contributed by atoms with Gasteiger partial charge in [-0.2, -0.15) is 9.50 Å². The zero-order valence-electron chi connectivity index (χ0n) is 17.6. The van der Waals surface area contributed by atoms with Gasteiger partial charge in [-0.1, -0.05) is 60.4 Å². The Balaban J connectivity index is 1.63. The molecule has 9 heteroatoms. The van der Waals surface area contributed by atoms with Crippen molar-refractivity contribution >= 4 is 45.6 Å². The minimum Gasteiger partial charge on any atom is -0.493 e. The van der Waals surface area contributed by atoms with Gasteiger partial charge in [-0.05, 0) is 48.4 Å². The van der Waals surface area contributed by atoms with Crippen LogP contribution in [0.2, 0.25) is 10.0 Å². The van der Waals surface area contributed by atoms with Gasteiger partial charge in [-0.3, -0.25) is 4.79 Å². The minimum atomic E-state index is -0.243. The van der Waals surface area contributed by atoms with Crippen LogP contribution in [0.25, 0.3) is 22.4 Å². The molecule has 0 radical (unpaired) electrons. The number of hydrogen-bond donors (Lipinski definition) is 0. The first-order valence-corrected chi connectivity index (χ1v) is 11.7. The Morgan fingerprint density at radius 1 is 1.12 bits per heavy atom. The third-order valence-corrected chi connectivity index (χ3v) is 6.35. The first-order valence-electron chi connectivity index (χ1n) is 10.2.